The lowest BCUT2D eigenvalue weighted by atomic mass is 10.0. The number of nitrogens with one attached hydrogen (secondary N) is 2. The number of pyridine rings is 4. The highest BCUT2D eigenvalue weighted by Gasteiger charge is 2.21. The quantitative estimate of drug-likeness (QED) is 0.0609. The van der Waals surface area contributed by atoms with Gasteiger partial charge in [-0.3, -0.25) is 18.2 Å². The van der Waals surface area contributed by atoms with Crippen LogP contribution in [0, 0.1) is 27.7 Å². The zero-order valence-corrected chi connectivity index (χ0v) is 56.7. The van der Waals surface area contributed by atoms with Crippen molar-refractivity contribution in [2.75, 3.05) is 0 Å². The molecule has 7 aromatic heterocycles. The molecule has 13 rings (SSSR count). The van der Waals surface area contributed by atoms with Crippen LogP contribution in [0.3, 0.4) is 0 Å². The van der Waals surface area contributed by atoms with Crippen LogP contribution in [-0.2, 0) is 68.7 Å². The van der Waals surface area contributed by atoms with Crippen LogP contribution in [0.1, 0.15) is 45.0 Å². The molecular weight excluding hydrogens is 1300 g/mol. The molecule has 0 saturated heterocycles. The molecule has 0 spiro atoms. The van der Waals surface area contributed by atoms with Crippen LogP contribution in [-0.4, -0.2) is 71.8 Å². The molecular formula is C72H70N8O12S4+4. The maximum absolute atomic E-state index is 10.5. The van der Waals surface area contributed by atoms with E-state index in [1.807, 2.05) is 74.2 Å². The van der Waals surface area contributed by atoms with Gasteiger partial charge in [-0.15, -0.1) is 0 Å². The molecule has 4 aromatic carbocycles. The normalized spacial score (nSPS) is 11.8. The largest absolute Gasteiger partial charge is 0.354 e. The van der Waals surface area contributed by atoms with E-state index in [4.69, 9.17) is 28.2 Å². The number of hydrogen-bond acceptors (Lipinski definition) is 10. The van der Waals surface area contributed by atoms with Crippen LogP contribution in [0.25, 0.3) is 90.9 Å². The van der Waals surface area contributed by atoms with Gasteiger partial charge < -0.3 is 9.97 Å². The Bertz CT molecular complexity index is 4690. The maximum Gasteiger partial charge on any atom is 0.294 e. The molecule has 11 aromatic rings. The summed E-state index contributed by atoms with van der Waals surface area (Å²) in [5.41, 5.74) is 19.7. The van der Waals surface area contributed by atoms with Crippen molar-refractivity contribution in [2.24, 2.45) is 28.2 Å². The van der Waals surface area contributed by atoms with Crippen molar-refractivity contribution >= 4 is 86.8 Å². The number of aryl methyl sites for hydroxylation is 8. The van der Waals surface area contributed by atoms with E-state index in [9.17, 15) is 33.7 Å². The molecule has 0 unspecified atom stereocenters. The predicted molar refractivity (Wildman–Crippen MR) is 369 cm³/mol. The Labute approximate surface area is 557 Å². The van der Waals surface area contributed by atoms with Crippen molar-refractivity contribution < 1.29 is 70.2 Å². The standard InChI is InChI=1S/C44H37N8.4C7H8O3S/c1-49-21-13-29(14-22-49)41-33-5-7-35(45-33)42(30-15-23-50(2)24-16-30)37-9-11-39(47-37)44(32-19-27-52(4)28-20-32)40-12-10-38(48-40)43(36-8-6-34(41)46-36)31-17-25-51(3)26-18-31;4*1-6-2-4-7(5-3-6)11(8,9)10/h5-28H,1-4H3,(H,45,46,47,48);4*2-5H,1H3,(H,8,9,10)/q+3;;;;/p+1. The first-order valence-electron chi connectivity index (χ1n) is 29.5. The number of benzene rings is 4. The van der Waals surface area contributed by atoms with Crippen LogP contribution < -0.4 is 18.3 Å². The average molecular weight is 1370 g/mol. The van der Waals surface area contributed by atoms with E-state index in [0.717, 1.165) is 112 Å². The van der Waals surface area contributed by atoms with Crippen LogP contribution in [0.4, 0.5) is 0 Å². The monoisotopic (exact) mass is 1370 g/mol. The van der Waals surface area contributed by atoms with E-state index in [-0.39, 0.29) is 19.6 Å². The van der Waals surface area contributed by atoms with E-state index in [1.54, 1.807) is 48.5 Å². The Morgan fingerprint density at radius 1 is 0.271 bits per heavy atom. The topological polar surface area (TPSA) is 290 Å². The Morgan fingerprint density at radius 3 is 0.594 bits per heavy atom. The van der Waals surface area contributed by atoms with E-state index in [0.29, 0.717) is 0 Å². The highest BCUT2D eigenvalue weighted by Crippen LogP contribution is 2.38. The molecule has 96 heavy (non-hydrogen) atoms. The number of fused-ring (bicyclic) bond motifs is 8. The van der Waals surface area contributed by atoms with E-state index in [2.05, 4.69) is 157 Å². The van der Waals surface area contributed by atoms with Crippen LogP contribution in [0.5, 0.6) is 0 Å². The maximum atomic E-state index is 10.5. The van der Waals surface area contributed by atoms with Gasteiger partial charge in [0, 0.05) is 92.9 Å². The molecule has 490 valence electrons. The fourth-order valence-corrected chi connectivity index (χ4v) is 11.9. The average Bonchev–Trinajstić information content (AvgIpc) is 1.60. The van der Waals surface area contributed by atoms with Crippen LogP contribution in [0.2, 0.25) is 0 Å². The van der Waals surface area contributed by atoms with Gasteiger partial charge in [-0.25, -0.2) is 28.2 Å². The lowest BCUT2D eigenvalue weighted by Gasteiger charge is -2.06. The highest BCUT2D eigenvalue weighted by molar-refractivity contribution is 7.86. The lowest BCUT2D eigenvalue weighted by Crippen LogP contribution is -2.25. The minimum absolute atomic E-state index is 0.0666. The number of aromatic nitrogens is 8. The zero-order valence-electron chi connectivity index (χ0n) is 53.5. The van der Waals surface area contributed by atoms with Gasteiger partial charge >= 0.3 is 0 Å². The Hall–Kier alpha value is -10.3. The SMILES string of the molecule is C[n+]1ccc(-c2c3nc(c(-c4cc[n+](C)cc4)c4ccc([nH]4)c(-c4cc[n+](C)cc4)c4nc(c(-c5cc[n+](C)cc5)c5ccc2[nH]5)C=C4)C=C3)cc1.Cc1ccc(S(=O)(=O)O)cc1.Cc1ccc(S(=O)(=O)O)cc1.Cc1ccc(S(=O)(=O)O)cc1.Cc1ccc(S(=O)(=O)O)cc1. The second-order valence-corrected chi connectivity index (χ2v) is 28.4. The molecule has 2 aliphatic rings. The molecule has 0 radical (unpaired) electrons. The zero-order chi connectivity index (χ0) is 69.3. The first-order chi connectivity index (χ1) is 45.4. The number of hydrogen-bond donors (Lipinski definition) is 6. The fourth-order valence-electron chi connectivity index (χ4n) is 9.93. The summed E-state index contributed by atoms with van der Waals surface area (Å²) in [6.07, 6.45) is 25.2. The fraction of sp³-hybridized carbons (Fsp3) is 0.111. The van der Waals surface area contributed by atoms with Crippen molar-refractivity contribution in [3.8, 4) is 44.5 Å². The van der Waals surface area contributed by atoms with Crippen molar-refractivity contribution in [2.45, 2.75) is 47.3 Å². The third-order valence-electron chi connectivity index (χ3n) is 15.1. The van der Waals surface area contributed by atoms with Crippen molar-refractivity contribution in [3.63, 3.8) is 0 Å². The van der Waals surface area contributed by atoms with Gasteiger partial charge in [0.05, 0.1) is 42.4 Å². The predicted octanol–water partition coefficient (Wildman–Crippen LogP) is 11.6. The van der Waals surface area contributed by atoms with Crippen molar-refractivity contribution in [1.29, 1.82) is 0 Å². The number of rotatable bonds is 8. The number of H-pyrrole nitrogens is 2. The van der Waals surface area contributed by atoms with Crippen LogP contribution in [0.15, 0.2) is 239 Å². The van der Waals surface area contributed by atoms with Crippen molar-refractivity contribution in [1.82, 2.24) is 19.9 Å². The molecule has 8 bridgehead atoms. The first-order valence-corrected chi connectivity index (χ1v) is 35.3. The molecule has 2 aliphatic heterocycles. The van der Waals surface area contributed by atoms with E-state index < -0.39 is 40.5 Å². The van der Waals surface area contributed by atoms with Gasteiger partial charge in [0.2, 0.25) is 0 Å². The minimum Gasteiger partial charge on any atom is -0.354 e. The van der Waals surface area contributed by atoms with Gasteiger partial charge in [-0.1, -0.05) is 70.8 Å². The summed E-state index contributed by atoms with van der Waals surface area (Å²) < 4.78 is 126. The Balaban J connectivity index is 0.000000196. The third kappa shape index (κ3) is 18.1. The summed E-state index contributed by atoms with van der Waals surface area (Å²) in [6, 6.07) is 49.8. The summed E-state index contributed by atoms with van der Waals surface area (Å²) in [5.74, 6) is 0. The summed E-state index contributed by atoms with van der Waals surface area (Å²) in [5, 5.41) is 0. The number of aromatic amines is 2. The van der Waals surface area contributed by atoms with Gasteiger partial charge in [0.1, 0.15) is 28.2 Å². The smallest absolute Gasteiger partial charge is 0.294 e. The summed E-state index contributed by atoms with van der Waals surface area (Å²) in [4.78, 5) is 18.2. The number of nitrogens with zero attached hydrogens (tertiary/aromatic N) is 6. The molecule has 0 aliphatic carbocycles. The Morgan fingerprint density at radius 2 is 0.438 bits per heavy atom. The second-order valence-electron chi connectivity index (χ2n) is 22.7. The minimum atomic E-state index is -4.02. The van der Waals surface area contributed by atoms with Gasteiger partial charge in [0.15, 0.2) is 49.6 Å². The van der Waals surface area contributed by atoms with E-state index >= 15 is 0 Å². The molecule has 0 fully saturated rings. The molecule has 20 nitrogen and oxygen atoms in total. The molecule has 24 heteroatoms. The molecule has 9 heterocycles. The first kappa shape index (κ1) is 70.0. The molecule has 0 atom stereocenters. The second kappa shape index (κ2) is 29.6. The summed E-state index contributed by atoms with van der Waals surface area (Å²) >= 11 is 0. The lowest BCUT2D eigenvalue weighted by molar-refractivity contribution is -0.671. The van der Waals surface area contributed by atoms with Gasteiger partial charge in [0.25, 0.3) is 40.5 Å². The molecule has 0 amide bonds. The van der Waals surface area contributed by atoms with E-state index in [1.165, 1.54) is 48.5 Å². The van der Waals surface area contributed by atoms with Gasteiger partial charge in [-0.2, -0.15) is 33.7 Å². The summed E-state index contributed by atoms with van der Waals surface area (Å²) in [7, 11) is -7.94. The summed E-state index contributed by atoms with van der Waals surface area (Å²) in [6.45, 7) is 7.36. The van der Waals surface area contributed by atoms with Crippen LogP contribution >= 0.6 is 0 Å². The third-order valence-corrected chi connectivity index (χ3v) is 18.6. The van der Waals surface area contributed by atoms with Gasteiger partial charge in [-0.05, 0) is 147 Å². The highest BCUT2D eigenvalue weighted by atomic mass is 32.2. The molecule has 6 N–H and O–H groups in total. The molecule has 0 saturated carbocycles. The Kier molecular flexibility index (Phi) is 21.6. The van der Waals surface area contributed by atoms with Crippen molar-refractivity contribution in [3.05, 3.63) is 264 Å².